The summed E-state index contributed by atoms with van der Waals surface area (Å²) in [6, 6.07) is 5.73. The number of amides is 1. The number of hydrogen-bond donors (Lipinski definition) is 0. The largest absolute Gasteiger partial charge is 0.496 e. The first-order valence-corrected chi connectivity index (χ1v) is 7.91. The van der Waals surface area contributed by atoms with Crippen molar-refractivity contribution >= 4 is 29.1 Å². The lowest BCUT2D eigenvalue weighted by molar-refractivity contribution is -0.130. The van der Waals surface area contributed by atoms with Crippen molar-refractivity contribution in [3.63, 3.8) is 0 Å². The summed E-state index contributed by atoms with van der Waals surface area (Å²) in [5.74, 6) is 0.514. The molecule has 0 aliphatic carbocycles. The van der Waals surface area contributed by atoms with Crippen LogP contribution >= 0.6 is 23.2 Å². The monoisotopic (exact) mass is 340 g/mol. The zero-order valence-electron chi connectivity index (χ0n) is 12.6. The number of carbonyl (C=O) groups excluding carboxylic acids is 1. The first kappa shape index (κ1) is 16.9. The molecule has 0 saturated carbocycles. The smallest absolute Gasteiger partial charge is 0.219 e. The van der Waals surface area contributed by atoms with Crippen LogP contribution < -0.4 is 4.74 Å². The Morgan fingerprint density at radius 2 is 1.95 bits per heavy atom. The Morgan fingerprint density at radius 3 is 2.45 bits per heavy atom. The molecule has 0 spiro atoms. The molecule has 1 aromatic carbocycles. The van der Waals surface area contributed by atoms with Crippen LogP contribution in [0.15, 0.2) is 12.1 Å². The molecule has 2 rings (SSSR count). The Balaban J connectivity index is 2.25. The Hall–Kier alpha value is -1.44. The van der Waals surface area contributed by atoms with Gasteiger partial charge < -0.3 is 9.64 Å². The van der Waals surface area contributed by atoms with E-state index in [9.17, 15) is 10.1 Å². The van der Waals surface area contributed by atoms with Gasteiger partial charge in [0.15, 0.2) is 0 Å². The van der Waals surface area contributed by atoms with Gasteiger partial charge in [-0.05, 0) is 24.8 Å². The van der Waals surface area contributed by atoms with E-state index in [1.54, 1.807) is 26.2 Å². The topological polar surface area (TPSA) is 53.3 Å². The maximum absolute atomic E-state index is 11.4. The molecule has 6 heteroatoms. The van der Waals surface area contributed by atoms with Crippen molar-refractivity contribution < 1.29 is 9.53 Å². The number of hydrogen-bond acceptors (Lipinski definition) is 3. The van der Waals surface area contributed by atoms with Gasteiger partial charge in [0.1, 0.15) is 5.75 Å². The number of rotatable bonds is 3. The summed E-state index contributed by atoms with van der Waals surface area (Å²) in [6.07, 6.45) is 1.59. The molecule has 1 unspecified atom stereocenters. The lowest BCUT2D eigenvalue weighted by Gasteiger charge is -2.33. The third-order valence-electron chi connectivity index (χ3n) is 4.20. The molecular weight excluding hydrogens is 323 g/mol. The standard InChI is InChI=1S/C16H18Cl2N2O2/c1-10(21)20-5-3-11(4-6-20)13(9-19)12-7-14(17)15(18)8-16(12)22-2/h7-8,11,13H,3-6H2,1-2H3. The molecule has 1 fully saturated rings. The first-order valence-electron chi connectivity index (χ1n) is 7.16. The molecule has 0 aromatic heterocycles. The van der Waals surface area contributed by atoms with E-state index in [0.717, 1.165) is 18.4 Å². The van der Waals surface area contributed by atoms with Gasteiger partial charge in [-0.3, -0.25) is 4.79 Å². The van der Waals surface area contributed by atoms with E-state index < -0.39 is 0 Å². The molecule has 0 radical (unpaired) electrons. The van der Waals surface area contributed by atoms with E-state index in [1.165, 1.54) is 0 Å². The second kappa shape index (κ2) is 7.21. The van der Waals surface area contributed by atoms with Crippen molar-refractivity contribution in [2.24, 2.45) is 5.92 Å². The van der Waals surface area contributed by atoms with Crippen molar-refractivity contribution in [2.45, 2.75) is 25.7 Å². The third-order valence-corrected chi connectivity index (χ3v) is 4.93. The predicted molar refractivity (Wildman–Crippen MR) is 86.3 cm³/mol. The third kappa shape index (κ3) is 3.48. The van der Waals surface area contributed by atoms with Gasteiger partial charge in [0.05, 0.1) is 29.1 Å². The minimum atomic E-state index is -0.321. The van der Waals surface area contributed by atoms with Crippen molar-refractivity contribution in [1.82, 2.24) is 4.90 Å². The molecule has 1 saturated heterocycles. The summed E-state index contributed by atoms with van der Waals surface area (Å²) in [6.45, 7) is 2.94. The summed E-state index contributed by atoms with van der Waals surface area (Å²) in [7, 11) is 1.55. The van der Waals surface area contributed by atoms with Gasteiger partial charge in [-0.15, -0.1) is 0 Å². The highest BCUT2D eigenvalue weighted by atomic mass is 35.5. The van der Waals surface area contributed by atoms with Gasteiger partial charge >= 0.3 is 0 Å². The zero-order valence-corrected chi connectivity index (χ0v) is 14.1. The number of benzene rings is 1. The van der Waals surface area contributed by atoms with Crippen LogP contribution in [0.25, 0.3) is 0 Å². The van der Waals surface area contributed by atoms with E-state index in [0.29, 0.717) is 28.9 Å². The maximum atomic E-state index is 11.4. The minimum Gasteiger partial charge on any atom is -0.496 e. The van der Waals surface area contributed by atoms with E-state index in [4.69, 9.17) is 27.9 Å². The van der Waals surface area contributed by atoms with Gasteiger partial charge in [-0.1, -0.05) is 23.2 Å². The molecule has 4 nitrogen and oxygen atoms in total. The normalized spacial score (nSPS) is 17.0. The molecule has 1 heterocycles. The fraction of sp³-hybridized carbons (Fsp3) is 0.500. The number of halogens is 2. The number of carbonyl (C=O) groups is 1. The number of nitriles is 1. The van der Waals surface area contributed by atoms with Crippen LogP contribution in [0, 0.1) is 17.2 Å². The van der Waals surface area contributed by atoms with Crippen molar-refractivity contribution in [3.8, 4) is 11.8 Å². The summed E-state index contributed by atoms with van der Waals surface area (Å²) in [5.41, 5.74) is 0.765. The van der Waals surface area contributed by atoms with Gasteiger partial charge in [0.2, 0.25) is 5.91 Å². The second-order valence-electron chi connectivity index (χ2n) is 5.46. The van der Waals surface area contributed by atoms with E-state index >= 15 is 0 Å². The molecule has 0 bridgehead atoms. The van der Waals surface area contributed by atoms with E-state index in [-0.39, 0.29) is 17.7 Å². The fourth-order valence-electron chi connectivity index (χ4n) is 2.94. The molecule has 1 aliphatic heterocycles. The van der Waals surface area contributed by atoms with Gasteiger partial charge in [-0.25, -0.2) is 0 Å². The van der Waals surface area contributed by atoms with Crippen molar-refractivity contribution in [3.05, 3.63) is 27.7 Å². The molecule has 1 atom stereocenters. The summed E-state index contributed by atoms with van der Waals surface area (Å²) < 4.78 is 5.36. The van der Waals surface area contributed by atoms with Crippen LogP contribution in [0.5, 0.6) is 5.75 Å². The number of nitrogens with zero attached hydrogens (tertiary/aromatic N) is 2. The predicted octanol–water partition coefficient (Wildman–Crippen LogP) is 3.87. The number of ether oxygens (including phenoxy) is 1. The maximum Gasteiger partial charge on any atom is 0.219 e. The average molecular weight is 341 g/mol. The lowest BCUT2D eigenvalue weighted by Crippen LogP contribution is -2.38. The van der Waals surface area contributed by atoms with Gasteiger partial charge in [-0.2, -0.15) is 5.26 Å². The molecule has 1 aromatic rings. The summed E-state index contributed by atoms with van der Waals surface area (Å²) in [4.78, 5) is 13.2. The van der Waals surface area contributed by atoms with E-state index in [2.05, 4.69) is 6.07 Å². The van der Waals surface area contributed by atoms with Crippen LogP contribution in [-0.4, -0.2) is 31.0 Å². The van der Waals surface area contributed by atoms with E-state index in [1.807, 2.05) is 4.90 Å². The SMILES string of the molecule is COc1cc(Cl)c(Cl)cc1C(C#N)C1CCN(C(C)=O)CC1. The summed E-state index contributed by atoms with van der Waals surface area (Å²) >= 11 is 12.1. The lowest BCUT2D eigenvalue weighted by atomic mass is 9.80. The highest BCUT2D eigenvalue weighted by molar-refractivity contribution is 6.42. The Labute approximate surface area is 140 Å². The van der Waals surface area contributed by atoms with Crippen molar-refractivity contribution in [1.29, 1.82) is 5.26 Å². The van der Waals surface area contributed by atoms with Crippen LogP contribution in [0.1, 0.15) is 31.2 Å². The Bertz CT molecular complexity index is 605. The number of methoxy groups -OCH3 is 1. The van der Waals surface area contributed by atoms with Crippen LogP contribution in [0.3, 0.4) is 0 Å². The second-order valence-corrected chi connectivity index (χ2v) is 6.27. The molecular formula is C16H18Cl2N2O2. The molecule has 118 valence electrons. The van der Waals surface area contributed by atoms with Gasteiger partial charge in [0.25, 0.3) is 0 Å². The Morgan fingerprint density at radius 1 is 1.36 bits per heavy atom. The molecule has 22 heavy (non-hydrogen) atoms. The Kier molecular flexibility index (Phi) is 5.55. The fourth-order valence-corrected chi connectivity index (χ4v) is 3.27. The molecule has 1 aliphatic rings. The highest BCUT2D eigenvalue weighted by Crippen LogP contribution is 2.40. The van der Waals surface area contributed by atoms with Crippen molar-refractivity contribution in [2.75, 3.05) is 20.2 Å². The summed E-state index contributed by atoms with van der Waals surface area (Å²) in [5, 5.41) is 10.4. The first-order chi connectivity index (χ1) is 10.5. The van der Waals surface area contributed by atoms with Crippen LogP contribution in [0.4, 0.5) is 0 Å². The highest BCUT2D eigenvalue weighted by Gasteiger charge is 2.30. The molecule has 1 amide bonds. The quantitative estimate of drug-likeness (QED) is 0.839. The molecule has 0 N–H and O–H groups in total. The minimum absolute atomic E-state index is 0.0825. The zero-order chi connectivity index (χ0) is 16.3. The number of piperidine rings is 1. The average Bonchev–Trinajstić information content (AvgIpc) is 2.51. The van der Waals surface area contributed by atoms with Crippen LogP contribution in [-0.2, 0) is 4.79 Å². The van der Waals surface area contributed by atoms with Crippen LogP contribution in [0.2, 0.25) is 10.0 Å². The number of likely N-dealkylation sites (tertiary alicyclic amines) is 1. The van der Waals surface area contributed by atoms with Gasteiger partial charge in [0, 0.05) is 31.6 Å².